The van der Waals surface area contributed by atoms with Crippen LogP contribution < -0.4 is 10.2 Å². The van der Waals surface area contributed by atoms with Gasteiger partial charge in [0, 0.05) is 28.9 Å². The first-order valence-corrected chi connectivity index (χ1v) is 7.59. The number of anilines is 1. The summed E-state index contributed by atoms with van der Waals surface area (Å²) in [7, 11) is 3.78. The molecule has 0 aliphatic carbocycles. The molecule has 0 fully saturated rings. The van der Waals surface area contributed by atoms with Crippen molar-refractivity contribution >= 4 is 34.4 Å². The Labute approximate surface area is 137 Å². The molecule has 5 nitrogen and oxygen atoms in total. The number of carbonyl (C=O) groups is 1. The highest BCUT2D eigenvalue weighted by atomic mass is 127. The minimum atomic E-state index is -0.101. The number of hydrogen-bond donors (Lipinski definition) is 1. The van der Waals surface area contributed by atoms with Gasteiger partial charge in [-0.3, -0.25) is 4.79 Å². The highest BCUT2D eigenvalue weighted by Gasteiger charge is 2.08. The smallest absolute Gasteiger partial charge is 0.251 e. The zero-order chi connectivity index (χ0) is 15.4. The van der Waals surface area contributed by atoms with Gasteiger partial charge in [-0.05, 0) is 53.8 Å². The standard InChI is InChI=1S/C15H17IN4O/c1-10-7-13(19-15(18-10)20(2)3)9-17-14(21)11-5-4-6-12(16)8-11/h4-8H,9H2,1-3H3,(H,17,21). The minimum absolute atomic E-state index is 0.101. The maximum Gasteiger partial charge on any atom is 0.251 e. The van der Waals surface area contributed by atoms with E-state index in [0.717, 1.165) is 15.0 Å². The van der Waals surface area contributed by atoms with Crippen LogP contribution >= 0.6 is 22.6 Å². The Morgan fingerprint density at radius 3 is 2.71 bits per heavy atom. The van der Waals surface area contributed by atoms with Gasteiger partial charge in [0.1, 0.15) is 0 Å². The molecule has 0 spiro atoms. The Balaban J connectivity index is 2.08. The van der Waals surface area contributed by atoms with Crippen molar-refractivity contribution in [3.05, 3.63) is 50.9 Å². The van der Waals surface area contributed by atoms with E-state index in [0.29, 0.717) is 18.1 Å². The van der Waals surface area contributed by atoms with Gasteiger partial charge in [-0.2, -0.15) is 0 Å². The van der Waals surface area contributed by atoms with Crippen LogP contribution in [0.4, 0.5) is 5.95 Å². The quantitative estimate of drug-likeness (QED) is 0.807. The van der Waals surface area contributed by atoms with Crippen LogP contribution in [0.2, 0.25) is 0 Å². The average Bonchev–Trinajstić information content (AvgIpc) is 2.44. The second-order valence-corrected chi connectivity index (χ2v) is 6.13. The summed E-state index contributed by atoms with van der Waals surface area (Å²) < 4.78 is 1.04. The van der Waals surface area contributed by atoms with Crippen molar-refractivity contribution < 1.29 is 4.79 Å². The predicted molar refractivity (Wildman–Crippen MR) is 91.4 cm³/mol. The molecule has 0 atom stereocenters. The maximum atomic E-state index is 12.1. The van der Waals surface area contributed by atoms with Gasteiger partial charge in [0.15, 0.2) is 0 Å². The molecule has 6 heteroatoms. The van der Waals surface area contributed by atoms with Crippen molar-refractivity contribution in [2.45, 2.75) is 13.5 Å². The molecule has 0 saturated heterocycles. The molecule has 1 N–H and O–H groups in total. The lowest BCUT2D eigenvalue weighted by atomic mass is 10.2. The second-order valence-electron chi connectivity index (χ2n) is 4.89. The number of benzene rings is 1. The molecule has 0 saturated carbocycles. The summed E-state index contributed by atoms with van der Waals surface area (Å²) in [5.41, 5.74) is 2.33. The Hall–Kier alpha value is -1.70. The summed E-state index contributed by atoms with van der Waals surface area (Å²) >= 11 is 2.19. The van der Waals surface area contributed by atoms with E-state index >= 15 is 0 Å². The van der Waals surface area contributed by atoms with E-state index in [9.17, 15) is 4.79 Å². The van der Waals surface area contributed by atoms with Crippen LogP contribution in [0.3, 0.4) is 0 Å². The normalized spacial score (nSPS) is 10.3. The fourth-order valence-electron chi connectivity index (χ4n) is 1.81. The van der Waals surface area contributed by atoms with Gasteiger partial charge in [-0.15, -0.1) is 0 Å². The number of halogens is 1. The number of hydrogen-bond acceptors (Lipinski definition) is 4. The van der Waals surface area contributed by atoms with Crippen LogP contribution in [-0.2, 0) is 6.54 Å². The number of carbonyl (C=O) groups excluding carboxylic acids is 1. The van der Waals surface area contributed by atoms with Crippen LogP contribution in [-0.4, -0.2) is 30.0 Å². The Morgan fingerprint density at radius 2 is 2.05 bits per heavy atom. The molecular formula is C15H17IN4O. The summed E-state index contributed by atoms with van der Waals surface area (Å²) in [6, 6.07) is 9.35. The summed E-state index contributed by atoms with van der Waals surface area (Å²) in [5.74, 6) is 0.546. The van der Waals surface area contributed by atoms with Crippen molar-refractivity contribution in [3.8, 4) is 0 Å². The van der Waals surface area contributed by atoms with Crippen molar-refractivity contribution in [2.75, 3.05) is 19.0 Å². The van der Waals surface area contributed by atoms with E-state index in [-0.39, 0.29) is 5.91 Å². The summed E-state index contributed by atoms with van der Waals surface area (Å²) in [4.78, 5) is 22.7. The summed E-state index contributed by atoms with van der Waals surface area (Å²) in [5, 5.41) is 2.88. The third-order valence-electron chi connectivity index (χ3n) is 2.81. The lowest BCUT2D eigenvalue weighted by Crippen LogP contribution is -2.24. The molecule has 1 amide bonds. The average molecular weight is 396 g/mol. The van der Waals surface area contributed by atoms with Gasteiger partial charge in [0.05, 0.1) is 12.2 Å². The van der Waals surface area contributed by atoms with Gasteiger partial charge in [-0.1, -0.05) is 6.07 Å². The molecular weight excluding hydrogens is 379 g/mol. The monoisotopic (exact) mass is 396 g/mol. The summed E-state index contributed by atoms with van der Waals surface area (Å²) in [6.07, 6.45) is 0. The fourth-order valence-corrected chi connectivity index (χ4v) is 2.35. The number of nitrogens with zero attached hydrogens (tertiary/aromatic N) is 3. The Bertz CT molecular complexity index is 658. The summed E-state index contributed by atoms with van der Waals surface area (Å²) in [6.45, 7) is 2.30. The number of aromatic nitrogens is 2. The van der Waals surface area contributed by atoms with E-state index in [1.807, 2.05) is 50.2 Å². The lowest BCUT2D eigenvalue weighted by molar-refractivity contribution is 0.0950. The molecule has 1 aromatic heterocycles. The highest BCUT2D eigenvalue weighted by molar-refractivity contribution is 14.1. The first-order valence-electron chi connectivity index (χ1n) is 6.51. The molecule has 0 radical (unpaired) electrons. The van der Waals surface area contributed by atoms with E-state index in [2.05, 4.69) is 37.9 Å². The van der Waals surface area contributed by atoms with E-state index < -0.39 is 0 Å². The molecule has 1 heterocycles. The topological polar surface area (TPSA) is 58.1 Å². The van der Waals surface area contributed by atoms with Crippen molar-refractivity contribution in [1.82, 2.24) is 15.3 Å². The van der Waals surface area contributed by atoms with Gasteiger partial charge in [0.2, 0.25) is 5.95 Å². The third kappa shape index (κ3) is 4.38. The van der Waals surface area contributed by atoms with Crippen LogP contribution in [0.5, 0.6) is 0 Å². The largest absolute Gasteiger partial charge is 0.347 e. The predicted octanol–water partition coefficient (Wildman–Crippen LogP) is 2.39. The Kier molecular flexibility index (Phi) is 5.11. The van der Waals surface area contributed by atoms with Crippen molar-refractivity contribution in [2.24, 2.45) is 0 Å². The molecule has 21 heavy (non-hydrogen) atoms. The molecule has 1 aromatic carbocycles. The molecule has 2 aromatic rings. The van der Waals surface area contributed by atoms with E-state index in [1.165, 1.54) is 0 Å². The fraction of sp³-hybridized carbons (Fsp3) is 0.267. The zero-order valence-corrected chi connectivity index (χ0v) is 14.4. The number of nitrogens with one attached hydrogen (secondary N) is 1. The lowest BCUT2D eigenvalue weighted by Gasteiger charge is -2.12. The van der Waals surface area contributed by atoms with Gasteiger partial charge >= 0.3 is 0 Å². The zero-order valence-electron chi connectivity index (χ0n) is 12.2. The van der Waals surface area contributed by atoms with Crippen LogP contribution in [0, 0.1) is 10.5 Å². The molecule has 0 unspecified atom stereocenters. The molecule has 110 valence electrons. The minimum Gasteiger partial charge on any atom is -0.347 e. The van der Waals surface area contributed by atoms with Crippen LogP contribution in [0.1, 0.15) is 21.7 Å². The molecule has 0 bridgehead atoms. The van der Waals surface area contributed by atoms with Gasteiger partial charge < -0.3 is 10.2 Å². The first-order chi connectivity index (χ1) is 9.95. The number of amides is 1. The molecule has 0 aliphatic rings. The van der Waals surface area contributed by atoms with Crippen LogP contribution in [0.15, 0.2) is 30.3 Å². The number of aryl methyl sites for hydroxylation is 1. The van der Waals surface area contributed by atoms with Crippen molar-refractivity contribution in [1.29, 1.82) is 0 Å². The SMILES string of the molecule is Cc1cc(CNC(=O)c2cccc(I)c2)nc(N(C)C)n1. The van der Waals surface area contributed by atoms with Gasteiger partial charge in [-0.25, -0.2) is 9.97 Å². The molecule has 0 aliphatic heterocycles. The van der Waals surface area contributed by atoms with E-state index in [4.69, 9.17) is 0 Å². The van der Waals surface area contributed by atoms with E-state index in [1.54, 1.807) is 6.07 Å². The Morgan fingerprint density at radius 1 is 1.29 bits per heavy atom. The maximum absolute atomic E-state index is 12.1. The van der Waals surface area contributed by atoms with Gasteiger partial charge in [0.25, 0.3) is 5.91 Å². The molecule has 2 rings (SSSR count). The number of rotatable bonds is 4. The van der Waals surface area contributed by atoms with Crippen LogP contribution in [0.25, 0.3) is 0 Å². The van der Waals surface area contributed by atoms with Crippen molar-refractivity contribution in [3.63, 3.8) is 0 Å². The highest BCUT2D eigenvalue weighted by Crippen LogP contribution is 2.09. The first kappa shape index (κ1) is 15.7. The third-order valence-corrected chi connectivity index (χ3v) is 3.48. The second kappa shape index (κ2) is 6.84.